The average Bonchev–Trinajstić information content (AvgIpc) is 2.54. The van der Waals surface area contributed by atoms with Gasteiger partial charge in [0.2, 0.25) is 0 Å². The molecule has 3 rings (SSSR count). The molecule has 1 fully saturated rings. The van der Waals surface area contributed by atoms with Crippen molar-refractivity contribution in [3.8, 4) is 5.75 Å². The van der Waals surface area contributed by atoms with Gasteiger partial charge in [-0.25, -0.2) is 0 Å². The Morgan fingerprint density at radius 1 is 1.09 bits per heavy atom. The number of benzene rings is 2. The van der Waals surface area contributed by atoms with Gasteiger partial charge in [0.25, 0.3) is 0 Å². The molecule has 4 heteroatoms. The molecular formula is C19H21ClO3. The number of aliphatic hydroxyl groups is 1. The molecule has 2 aromatic carbocycles. The van der Waals surface area contributed by atoms with Crippen LogP contribution in [0, 0.1) is 0 Å². The molecule has 1 saturated carbocycles. The van der Waals surface area contributed by atoms with E-state index < -0.39 is 5.60 Å². The zero-order chi connectivity index (χ0) is 16.3. The second-order valence-corrected chi connectivity index (χ2v) is 6.40. The highest BCUT2D eigenvalue weighted by Gasteiger charge is 2.38. The van der Waals surface area contributed by atoms with E-state index in [4.69, 9.17) is 21.1 Å². The van der Waals surface area contributed by atoms with Crippen LogP contribution in [0.15, 0.2) is 42.5 Å². The lowest BCUT2D eigenvalue weighted by molar-refractivity contribution is -0.0410. The standard InChI is InChI=1S/C19H21ClO3/c1-22-15-8-6-14(7-9-15)12-23-13-16-17(4-2-5-18(16)20)19(21)10-3-11-19/h2,4-9,21H,3,10-13H2,1H3. The Morgan fingerprint density at radius 3 is 2.43 bits per heavy atom. The minimum atomic E-state index is -0.732. The number of hydrogen-bond donors (Lipinski definition) is 1. The Balaban J connectivity index is 1.68. The van der Waals surface area contributed by atoms with Crippen molar-refractivity contribution in [2.45, 2.75) is 38.1 Å². The largest absolute Gasteiger partial charge is 0.497 e. The summed E-state index contributed by atoms with van der Waals surface area (Å²) in [4.78, 5) is 0. The molecule has 23 heavy (non-hydrogen) atoms. The third-order valence-electron chi connectivity index (χ3n) is 4.48. The Bertz CT molecular complexity index is 663. The second-order valence-electron chi connectivity index (χ2n) is 5.99. The normalized spacial score (nSPS) is 16.0. The minimum Gasteiger partial charge on any atom is -0.497 e. The fraction of sp³-hybridized carbons (Fsp3) is 0.368. The predicted octanol–water partition coefficient (Wildman–Crippen LogP) is 4.44. The molecule has 0 bridgehead atoms. The SMILES string of the molecule is COc1ccc(COCc2c(Cl)cccc2C2(O)CCC2)cc1. The second kappa shape index (κ2) is 6.91. The van der Waals surface area contributed by atoms with E-state index in [1.807, 2.05) is 42.5 Å². The van der Waals surface area contributed by atoms with Crippen LogP contribution in [0.5, 0.6) is 5.75 Å². The van der Waals surface area contributed by atoms with Gasteiger partial charge in [0, 0.05) is 10.6 Å². The summed E-state index contributed by atoms with van der Waals surface area (Å²) < 4.78 is 11.0. The first-order valence-electron chi connectivity index (χ1n) is 7.83. The lowest BCUT2D eigenvalue weighted by atomic mass is 9.73. The fourth-order valence-electron chi connectivity index (χ4n) is 2.92. The molecule has 1 N–H and O–H groups in total. The molecule has 0 atom stereocenters. The zero-order valence-corrected chi connectivity index (χ0v) is 14.0. The summed E-state index contributed by atoms with van der Waals surface area (Å²) in [5, 5.41) is 11.3. The zero-order valence-electron chi connectivity index (χ0n) is 13.2. The van der Waals surface area contributed by atoms with Crippen LogP contribution in [0.4, 0.5) is 0 Å². The lowest BCUT2D eigenvalue weighted by Crippen LogP contribution is -2.34. The van der Waals surface area contributed by atoms with Crippen molar-refractivity contribution in [3.63, 3.8) is 0 Å². The van der Waals surface area contributed by atoms with Crippen molar-refractivity contribution in [2.24, 2.45) is 0 Å². The number of rotatable bonds is 6. The smallest absolute Gasteiger partial charge is 0.118 e. The van der Waals surface area contributed by atoms with E-state index in [2.05, 4.69) is 0 Å². The first kappa shape index (κ1) is 16.3. The molecule has 2 aromatic rings. The van der Waals surface area contributed by atoms with Crippen LogP contribution in [-0.4, -0.2) is 12.2 Å². The molecule has 0 saturated heterocycles. The molecule has 0 heterocycles. The van der Waals surface area contributed by atoms with Gasteiger partial charge in [-0.3, -0.25) is 0 Å². The summed E-state index contributed by atoms with van der Waals surface area (Å²) in [5.74, 6) is 0.828. The highest BCUT2D eigenvalue weighted by atomic mass is 35.5. The van der Waals surface area contributed by atoms with Crippen molar-refractivity contribution < 1.29 is 14.6 Å². The number of ether oxygens (including phenoxy) is 2. The maximum Gasteiger partial charge on any atom is 0.118 e. The van der Waals surface area contributed by atoms with Gasteiger partial charge in [-0.15, -0.1) is 0 Å². The van der Waals surface area contributed by atoms with Crippen LogP contribution >= 0.6 is 11.6 Å². The Labute approximate surface area is 141 Å². The van der Waals surface area contributed by atoms with Crippen molar-refractivity contribution in [3.05, 3.63) is 64.2 Å². The summed E-state index contributed by atoms with van der Waals surface area (Å²) in [6.45, 7) is 0.885. The molecule has 0 unspecified atom stereocenters. The highest BCUT2D eigenvalue weighted by molar-refractivity contribution is 6.31. The van der Waals surface area contributed by atoms with Gasteiger partial charge in [-0.05, 0) is 48.6 Å². The maximum absolute atomic E-state index is 10.6. The van der Waals surface area contributed by atoms with E-state index in [-0.39, 0.29) is 0 Å². The maximum atomic E-state index is 10.6. The average molecular weight is 333 g/mol. The first-order chi connectivity index (χ1) is 11.1. The number of methoxy groups -OCH3 is 1. The molecule has 122 valence electrons. The van der Waals surface area contributed by atoms with Crippen molar-refractivity contribution in [1.82, 2.24) is 0 Å². The topological polar surface area (TPSA) is 38.7 Å². The van der Waals surface area contributed by atoms with Gasteiger partial charge in [-0.1, -0.05) is 35.9 Å². The van der Waals surface area contributed by atoms with E-state index in [1.54, 1.807) is 7.11 Å². The summed E-state index contributed by atoms with van der Waals surface area (Å²) >= 11 is 6.33. The third-order valence-corrected chi connectivity index (χ3v) is 4.83. The first-order valence-corrected chi connectivity index (χ1v) is 8.21. The van der Waals surface area contributed by atoms with E-state index in [1.165, 1.54) is 0 Å². The fourth-order valence-corrected chi connectivity index (χ4v) is 3.14. The summed E-state index contributed by atoms with van der Waals surface area (Å²) in [6, 6.07) is 13.5. The summed E-state index contributed by atoms with van der Waals surface area (Å²) in [5.41, 5.74) is 2.14. The van der Waals surface area contributed by atoms with Crippen molar-refractivity contribution in [1.29, 1.82) is 0 Å². The third kappa shape index (κ3) is 3.52. The summed E-state index contributed by atoms with van der Waals surface area (Å²) in [6.07, 6.45) is 2.63. The quantitative estimate of drug-likeness (QED) is 0.850. The molecule has 0 amide bonds. The van der Waals surface area contributed by atoms with E-state index in [9.17, 15) is 5.11 Å². The monoisotopic (exact) mass is 332 g/mol. The van der Waals surface area contributed by atoms with Gasteiger partial charge >= 0.3 is 0 Å². The van der Waals surface area contributed by atoms with Gasteiger partial charge < -0.3 is 14.6 Å². The van der Waals surface area contributed by atoms with Crippen LogP contribution in [-0.2, 0) is 23.6 Å². The van der Waals surface area contributed by atoms with Crippen LogP contribution < -0.4 is 4.74 Å². The van der Waals surface area contributed by atoms with Crippen LogP contribution in [0.1, 0.15) is 36.0 Å². The number of halogens is 1. The van der Waals surface area contributed by atoms with Gasteiger partial charge in [0.15, 0.2) is 0 Å². The molecule has 0 aromatic heterocycles. The Morgan fingerprint density at radius 2 is 1.83 bits per heavy atom. The van der Waals surface area contributed by atoms with Crippen molar-refractivity contribution >= 4 is 11.6 Å². The van der Waals surface area contributed by atoms with Gasteiger partial charge in [-0.2, -0.15) is 0 Å². The van der Waals surface area contributed by atoms with Crippen molar-refractivity contribution in [2.75, 3.05) is 7.11 Å². The molecule has 1 aliphatic rings. The highest BCUT2D eigenvalue weighted by Crippen LogP contribution is 2.43. The Kier molecular flexibility index (Phi) is 4.90. The summed E-state index contributed by atoms with van der Waals surface area (Å²) in [7, 11) is 1.65. The lowest BCUT2D eigenvalue weighted by Gasteiger charge is -2.38. The molecule has 3 nitrogen and oxygen atoms in total. The van der Waals surface area contributed by atoms with E-state index in [0.29, 0.717) is 18.2 Å². The van der Waals surface area contributed by atoms with Crippen LogP contribution in [0.25, 0.3) is 0 Å². The molecule has 0 radical (unpaired) electrons. The van der Waals surface area contributed by atoms with Crippen LogP contribution in [0.3, 0.4) is 0 Å². The van der Waals surface area contributed by atoms with E-state index >= 15 is 0 Å². The molecular weight excluding hydrogens is 312 g/mol. The van der Waals surface area contributed by atoms with Crippen LogP contribution in [0.2, 0.25) is 5.02 Å². The van der Waals surface area contributed by atoms with Gasteiger partial charge in [0.1, 0.15) is 5.75 Å². The number of hydrogen-bond acceptors (Lipinski definition) is 3. The van der Waals surface area contributed by atoms with Gasteiger partial charge in [0.05, 0.1) is 25.9 Å². The predicted molar refractivity (Wildman–Crippen MR) is 90.7 cm³/mol. The molecule has 1 aliphatic carbocycles. The minimum absolute atomic E-state index is 0.392. The molecule has 0 aliphatic heterocycles. The van der Waals surface area contributed by atoms with E-state index in [0.717, 1.165) is 41.7 Å². The molecule has 0 spiro atoms. The Hall–Kier alpha value is -1.55.